The van der Waals surface area contributed by atoms with Crippen LogP contribution in [-0.4, -0.2) is 14.8 Å². The van der Waals surface area contributed by atoms with Crippen LogP contribution in [0.15, 0.2) is 53.3 Å². The highest BCUT2D eigenvalue weighted by molar-refractivity contribution is 14.1. The molecule has 3 aromatic rings. The van der Waals surface area contributed by atoms with E-state index >= 15 is 0 Å². The zero-order valence-corrected chi connectivity index (χ0v) is 12.4. The van der Waals surface area contributed by atoms with Crippen LogP contribution in [0.3, 0.4) is 0 Å². The summed E-state index contributed by atoms with van der Waals surface area (Å²) in [7, 11) is 0. The highest BCUT2D eigenvalue weighted by Gasteiger charge is 2.15. The summed E-state index contributed by atoms with van der Waals surface area (Å²) in [6.45, 7) is 0. The second kappa shape index (κ2) is 4.82. The second-order valence-electron chi connectivity index (χ2n) is 4.34. The van der Waals surface area contributed by atoms with Crippen molar-refractivity contribution in [2.75, 3.05) is 0 Å². The molecule has 1 aromatic heterocycles. The Morgan fingerprint density at radius 3 is 2.15 bits per heavy atom. The second-order valence-corrected chi connectivity index (χ2v) is 5.42. The maximum Gasteiger partial charge on any atom is 0.265 e. The molecular weight excluding hydrogens is 369 g/mol. The first-order valence-corrected chi connectivity index (χ1v) is 6.99. The Morgan fingerprint density at radius 2 is 1.50 bits per heavy atom. The fourth-order valence-electron chi connectivity index (χ4n) is 2.14. The van der Waals surface area contributed by atoms with Gasteiger partial charge in [-0.05, 0) is 52.9 Å². The highest BCUT2D eigenvalue weighted by Crippen LogP contribution is 2.28. The van der Waals surface area contributed by atoms with Gasteiger partial charge in [0.2, 0.25) is 5.88 Å². The van der Waals surface area contributed by atoms with E-state index in [1.807, 2.05) is 28.7 Å². The molecule has 0 aliphatic heterocycles. The minimum Gasteiger partial charge on any atom is -0.508 e. The van der Waals surface area contributed by atoms with Crippen molar-refractivity contribution in [3.8, 4) is 17.3 Å². The number of aromatic hydroxyl groups is 2. The van der Waals surface area contributed by atoms with Gasteiger partial charge in [-0.1, -0.05) is 18.2 Å². The first-order valence-electron chi connectivity index (χ1n) is 5.91. The number of benzene rings is 2. The van der Waals surface area contributed by atoms with E-state index in [0.29, 0.717) is 14.6 Å². The summed E-state index contributed by atoms with van der Waals surface area (Å²) in [4.78, 5) is 12.5. The van der Waals surface area contributed by atoms with Crippen LogP contribution in [0.5, 0.6) is 11.6 Å². The van der Waals surface area contributed by atoms with Crippen molar-refractivity contribution in [1.82, 2.24) is 4.57 Å². The lowest BCUT2D eigenvalue weighted by molar-refractivity contribution is 0.433. The molecule has 0 radical (unpaired) electrons. The van der Waals surface area contributed by atoms with Crippen molar-refractivity contribution < 1.29 is 10.2 Å². The molecule has 4 nitrogen and oxygen atoms in total. The number of pyridine rings is 1. The van der Waals surface area contributed by atoms with Crippen LogP contribution in [0.1, 0.15) is 0 Å². The van der Waals surface area contributed by atoms with E-state index in [2.05, 4.69) is 0 Å². The lowest BCUT2D eigenvalue weighted by Gasteiger charge is -2.12. The monoisotopic (exact) mass is 379 g/mol. The Hall–Kier alpha value is -2.02. The van der Waals surface area contributed by atoms with Gasteiger partial charge >= 0.3 is 0 Å². The number of halogens is 1. The van der Waals surface area contributed by atoms with Crippen LogP contribution in [0.4, 0.5) is 0 Å². The summed E-state index contributed by atoms with van der Waals surface area (Å²) >= 11 is 2.02. The van der Waals surface area contributed by atoms with Crippen LogP contribution in [-0.2, 0) is 0 Å². The normalized spacial score (nSPS) is 10.8. The van der Waals surface area contributed by atoms with Gasteiger partial charge in [0.1, 0.15) is 5.75 Å². The lowest BCUT2D eigenvalue weighted by atomic mass is 10.1. The van der Waals surface area contributed by atoms with Crippen molar-refractivity contribution in [3.63, 3.8) is 0 Å². The number of phenolic OH excluding ortho intramolecular Hbond substituents is 1. The summed E-state index contributed by atoms with van der Waals surface area (Å²) in [5, 5.41) is 20.9. The zero-order valence-electron chi connectivity index (χ0n) is 10.2. The molecule has 0 atom stereocenters. The van der Waals surface area contributed by atoms with Gasteiger partial charge in [-0.15, -0.1) is 0 Å². The molecule has 0 saturated heterocycles. The number of hydrogen-bond acceptors (Lipinski definition) is 3. The van der Waals surface area contributed by atoms with Gasteiger partial charge in [-0.25, -0.2) is 4.57 Å². The molecule has 0 amide bonds. The lowest BCUT2D eigenvalue weighted by Crippen LogP contribution is -2.19. The van der Waals surface area contributed by atoms with Gasteiger partial charge < -0.3 is 10.2 Å². The Morgan fingerprint density at radius 1 is 0.900 bits per heavy atom. The Bertz CT molecular complexity index is 853. The smallest absolute Gasteiger partial charge is 0.265 e. The molecular formula is C15H10INO3. The van der Waals surface area contributed by atoms with Gasteiger partial charge in [-0.3, -0.25) is 4.79 Å². The van der Waals surface area contributed by atoms with Crippen molar-refractivity contribution in [3.05, 3.63) is 62.5 Å². The number of rotatable bonds is 1. The highest BCUT2D eigenvalue weighted by atomic mass is 127. The molecule has 2 N–H and O–H groups in total. The average molecular weight is 379 g/mol. The van der Waals surface area contributed by atoms with Crippen LogP contribution in [0.25, 0.3) is 16.5 Å². The van der Waals surface area contributed by atoms with Crippen LogP contribution in [0.2, 0.25) is 0 Å². The first kappa shape index (κ1) is 13.0. The number of nitrogens with zero attached hydrogens (tertiary/aromatic N) is 1. The van der Waals surface area contributed by atoms with E-state index in [1.165, 1.54) is 16.7 Å². The number of hydrogen-bond donors (Lipinski definition) is 2. The molecule has 5 heteroatoms. The van der Waals surface area contributed by atoms with Crippen LogP contribution in [0, 0.1) is 3.57 Å². The van der Waals surface area contributed by atoms with E-state index in [1.54, 1.807) is 30.3 Å². The zero-order chi connectivity index (χ0) is 14.3. The summed E-state index contributed by atoms with van der Waals surface area (Å²) in [6, 6.07) is 13.3. The summed E-state index contributed by atoms with van der Waals surface area (Å²) in [5.41, 5.74) is 0.221. The first-order chi connectivity index (χ1) is 9.59. The fraction of sp³-hybridized carbons (Fsp3) is 0. The molecule has 0 bridgehead atoms. The third-order valence-electron chi connectivity index (χ3n) is 3.11. The standard InChI is InChI=1S/C15H10INO3/c16-13-11-3-1-2-4-12(11)14(19)17(15(13)20)9-5-7-10(18)8-6-9/h1-8,18,20H. The molecule has 1 heterocycles. The van der Waals surface area contributed by atoms with Crippen LogP contribution < -0.4 is 5.56 Å². The maximum atomic E-state index is 12.5. The molecule has 0 saturated carbocycles. The van der Waals surface area contributed by atoms with E-state index in [4.69, 9.17) is 0 Å². The SMILES string of the molecule is O=c1c2ccccc2c(I)c(O)n1-c1ccc(O)cc1. The van der Waals surface area contributed by atoms with Gasteiger partial charge in [0.05, 0.1) is 9.26 Å². The van der Waals surface area contributed by atoms with Crippen molar-refractivity contribution in [2.45, 2.75) is 0 Å². The Kier molecular flexibility index (Phi) is 3.13. The molecule has 0 aliphatic carbocycles. The Balaban J connectivity index is 2.42. The number of phenols is 1. The van der Waals surface area contributed by atoms with Crippen molar-refractivity contribution in [2.24, 2.45) is 0 Å². The molecule has 100 valence electrons. The number of aromatic nitrogens is 1. The molecule has 0 aliphatic rings. The van der Waals surface area contributed by atoms with Gasteiger partial charge in [0.25, 0.3) is 5.56 Å². The summed E-state index contributed by atoms with van der Waals surface area (Å²) in [5.74, 6) is 0.0109. The van der Waals surface area contributed by atoms with Crippen LogP contribution >= 0.6 is 22.6 Å². The number of fused-ring (bicyclic) bond motifs is 1. The van der Waals surface area contributed by atoms with E-state index in [0.717, 1.165) is 5.39 Å². The predicted molar refractivity (Wildman–Crippen MR) is 85.6 cm³/mol. The quantitative estimate of drug-likeness (QED) is 0.639. The molecule has 0 spiro atoms. The molecule has 0 unspecified atom stereocenters. The van der Waals surface area contributed by atoms with Crippen molar-refractivity contribution >= 4 is 33.4 Å². The topological polar surface area (TPSA) is 62.5 Å². The van der Waals surface area contributed by atoms with Gasteiger partial charge in [0.15, 0.2) is 0 Å². The molecule has 20 heavy (non-hydrogen) atoms. The third kappa shape index (κ3) is 1.94. The fourth-order valence-corrected chi connectivity index (χ4v) is 2.85. The minimum atomic E-state index is -0.288. The average Bonchev–Trinajstić information content (AvgIpc) is 2.47. The summed E-state index contributed by atoms with van der Waals surface area (Å²) < 4.78 is 1.86. The third-order valence-corrected chi connectivity index (χ3v) is 4.18. The van der Waals surface area contributed by atoms with E-state index in [9.17, 15) is 15.0 Å². The van der Waals surface area contributed by atoms with Crippen molar-refractivity contribution in [1.29, 1.82) is 0 Å². The molecule has 2 aromatic carbocycles. The predicted octanol–water partition coefficient (Wildman–Crippen LogP) is 3.01. The molecule has 0 fully saturated rings. The minimum absolute atomic E-state index is 0.0972. The van der Waals surface area contributed by atoms with Gasteiger partial charge in [0, 0.05) is 10.8 Å². The van der Waals surface area contributed by atoms with E-state index in [-0.39, 0.29) is 17.2 Å². The largest absolute Gasteiger partial charge is 0.508 e. The van der Waals surface area contributed by atoms with Gasteiger partial charge in [-0.2, -0.15) is 0 Å². The molecule has 3 rings (SSSR count). The van der Waals surface area contributed by atoms with E-state index < -0.39 is 0 Å². The Labute approximate surface area is 128 Å². The maximum absolute atomic E-state index is 12.5. The summed E-state index contributed by atoms with van der Waals surface area (Å²) in [6.07, 6.45) is 0.